The third-order valence-corrected chi connectivity index (χ3v) is 7.74. The fourth-order valence-electron chi connectivity index (χ4n) is 4.83. The Labute approximate surface area is 222 Å². The monoisotopic (exact) mass is 521 g/mol. The molecule has 3 heterocycles. The van der Waals surface area contributed by atoms with Gasteiger partial charge in [0.05, 0.1) is 12.1 Å². The highest BCUT2D eigenvalue weighted by Gasteiger charge is 2.38. The Hall–Kier alpha value is -3.04. The van der Waals surface area contributed by atoms with Gasteiger partial charge in [0.15, 0.2) is 0 Å². The standard InChI is InChI=1S/C28H35N5O3S/c1-19-9-10-22-21(15-19)24(33-12-11-28(35,18-33)17-29-26(34)36-27(2,3)4)31-25(30-22)32-13-14-37-23-8-6-5-7-20(23)16-32/h5-10,15,35H,11-14,16-18H2,1-4H3,(H,29,34). The molecule has 0 bridgehead atoms. The summed E-state index contributed by atoms with van der Waals surface area (Å²) in [6.45, 7) is 10.2. The number of thioether (sulfide) groups is 1. The van der Waals surface area contributed by atoms with Crippen molar-refractivity contribution in [1.29, 1.82) is 0 Å². The van der Waals surface area contributed by atoms with Gasteiger partial charge in [-0.3, -0.25) is 0 Å². The van der Waals surface area contributed by atoms with Crippen LogP contribution in [0.2, 0.25) is 0 Å². The number of alkyl carbamates (subject to hydrolysis) is 1. The molecule has 2 aromatic carbocycles. The van der Waals surface area contributed by atoms with Crippen molar-refractivity contribution in [2.24, 2.45) is 0 Å². The number of nitrogens with one attached hydrogen (secondary N) is 1. The second-order valence-corrected chi connectivity index (χ2v) is 12.1. The molecule has 1 atom stereocenters. The largest absolute Gasteiger partial charge is 0.444 e. The molecule has 2 aliphatic heterocycles. The summed E-state index contributed by atoms with van der Waals surface area (Å²) in [6, 6.07) is 14.7. The van der Waals surface area contributed by atoms with Gasteiger partial charge < -0.3 is 25.0 Å². The molecule has 1 fully saturated rings. The SMILES string of the molecule is Cc1ccc2nc(N3CCSc4ccccc4C3)nc(N3CCC(O)(CNC(=O)OC(C)(C)C)C3)c2c1. The van der Waals surface area contributed by atoms with Crippen LogP contribution in [0, 0.1) is 6.92 Å². The minimum Gasteiger partial charge on any atom is -0.444 e. The Morgan fingerprint density at radius 2 is 1.97 bits per heavy atom. The summed E-state index contributed by atoms with van der Waals surface area (Å²) in [7, 11) is 0. The highest BCUT2D eigenvalue weighted by molar-refractivity contribution is 7.99. The van der Waals surface area contributed by atoms with Gasteiger partial charge in [-0.1, -0.05) is 29.8 Å². The zero-order valence-electron chi connectivity index (χ0n) is 22.0. The lowest BCUT2D eigenvalue weighted by Crippen LogP contribution is -2.46. The highest BCUT2D eigenvalue weighted by atomic mass is 32.2. The summed E-state index contributed by atoms with van der Waals surface area (Å²) < 4.78 is 5.34. The maximum absolute atomic E-state index is 12.2. The van der Waals surface area contributed by atoms with E-state index in [0.29, 0.717) is 25.5 Å². The highest BCUT2D eigenvalue weighted by Crippen LogP contribution is 2.34. The van der Waals surface area contributed by atoms with E-state index in [-0.39, 0.29) is 6.54 Å². The molecular weight excluding hydrogens is 486 g/mol. The number of anilines is 2. The number of β-amino-alcohol motifs (C(OH)–C–C–N with tert-alkyl or cyclic N) is 1. The molecule has 1 unspecified atom stereocenters. The predicted molar refractivity (Wildman–Crippen MR) is 149 cm³/mol. The molecule has 2 aliphatic rings. The number of aryl methyl sites for hydroxylation is 1. The first-order valence-electron chi connectivity index (χ1n) is 12.8. The average molecular weight is 522 g/mol. The third-order valence-electron chi connectivity index (χ3n) is 6.65. The van der Waals surface area contributed by atoms with Gasteiger partial charge in [0.1, 0.15) is 17.0 Å². The topological polar surface area (TPSA) is 90.8 Å². The van der Waals surface area contributed by atoms with Gasteiger partial charge in [-0.15, -0.1) is 11.8 Å². The minimum absolute atomic E-state index is 0.118. The first-order valence-corrected chi connectivity index (χ1v) is 13.8. The van der Waals surface area contributed by atoms with Crippen molar-refractivity contribution in [3.63, 3.8) is 0 Å². The molecule has 1 saturated heterocycles. The summed E-state index contributed by atoms with van der Waals surface area (Å²) >= 11 is 1.87. The number of carbonyl (C=O) groups excluding carboxylic acids is 1. The average Bonchev–Trinajstić information content (AvgIpc) is 3.10. The summed E-state index contributed by atoms with van der Waals surface area (Å²) in [5, 5.41) is 15.0. The van der Waals surface area contributed by atoms with Gasteiger partial charge in [-0.05, 0) is 57.9 Å². The smallest absolute Gasteiger partial charge is 0.407 e. The molecule has 5 rings (SSSR count). The van der Waals surface area contributed by atoms with Crippen molar-refractivity contribution in [3.05, 3.63) is 53.6 Å². The fraction of sp³-hybridized carbons (Fsp3) is 0.464. The van der Waals surface area contributed by atoms with Crippen LogP contribution in [0.5, 0.6) is 0 Å². The normalized spacial score (nSPS) is 20.0. The zero-order valence-corrected chi connectivity index (χ0v) is 22.8. The maximum Gasteiger partial charge on any atom is 0.407 e. The molecule has 0 saturated carbocycles. The molecule has 2 N–H and O–H groups in total. The van der Waals surface area contributed by atoms with Gasteiger partial charge in [0, 0.05) is 42.2 Å². The van der Waals surface area contributed by atoms with E-state index in [4.69, 9.17) is 14.7 Å². The van der Waals surface area contributed by atoms with Crippen molar-refractivity contribution in [1.82, 2.24) is 15.3 Å². The van der Waals surface area contributed by atoms with Crippen LogP contribution in [0.15, 0.2) is 47.4 Å². The zero-order chi connectivity index (χ0) is 26.2. The molecule has 9 heteroatoms. The number of carbonyl (C=O) groups is 1. The number of aliphatic hydroxyl groups is 1. The van der Waals surface area contributed by atoms with E-state index in [1.54, 1.807) is 0 Å². The lowest BCUT2D eigenvalue weighted by atomic mass is 10.0. The van der Waals surface area contributed by atoms with E-state index in [1.165, 1.54) is 10.5 Å². The van der Waals surface area contributed by atoms with Crippen molar-refractivity contribution >= 4 is 40.5 Å². The number of ether oxygens (including phenoxy) is 1. The van der Waals surface area contributed by atoms with E-state index in [0.717, 1.165) is 41.1 Å². The van der Waals surface area contributed by atoms with Crippen LogP contribution >= 0.6 is 11.8 Å². The van der Waals surface area contributed by atoms with Crippen LogP contribution < -0.4 is 15.1 Å². The number of nitrogens with zero attached hydrogens (tertiary/aromatic N) is 4. The molecule has 196 valence electrons. The van der Waals surface area contributed by atoms with E-state index < -0.39 is 17.3 Å². The molecule has 1 amide bonds. The van der Waals surface area contributed by atoms with Gasteiger partial charge >= 0.3 is 6.09 Å². The van der Waals surface area contributed by atoms with Gasteiger partial charge in [0.25, 0.3) is 0 Å². The van der Waals surface area contributed by atoms with Crippen molar-refractivity contribution in [3.8, 4) is 0 Å². The quantitative estimate of drug-likeness (QED) is 0.518. The number of benzene rings is 2. The summed E-state index contributed by atoms with van der Waals surface area (Å²) in [6.07, 6.45) is -0.00696. The Morgan fingerprint density at radius 3 is 2.78 bits per heavy atom. The number of rotatable bonds is 4. The minimum atomic E-state index is -1.07. The number of amides is 1. The van der Waals surface area contributed by atoms with E-state index in [1.807, 2.05) is 38.6 Å². The maximum atomic E-state index is 12.2. The van der Waals surface area contributed by atoms with E-state index in [9.17, 15) is 9.90 Å². The molecule has 0 spiro atoms. The molecule has 0 aliphatic carbocycles. The molecule has 37 heavy (non-hydrogen) atoms. The Bertz CT molecular complexity index is 1310. The van der Waals surface area contributed by atoms with Gasteiger partial charge in [-0.25, -0.2) is 9.78 Å². The van der Waals surface area contributed by atoms with E-state index >= 15 is 0 Å². The lowest BCUT2D eigenvalue weighted by Gasteiger charge is -2.27. The van der Waals surface area contributed by atoms with Crippen molar-refractivity contribution in [2.45, 2.75) is 56.8 Å². The van der Waals surface area contributed by atoms with Gasteiger partial charge in [-0.2, -0.15) is 4.98 Å². The fourth-order valence-corrected chi connectivity index (χ4v) is 5.85. The molecule has 3 aromatic rings. The number of aromatic nitrogens is 2. The number of hydrogen-bond donors (Lipinski definition) is 2. The van der Waals surface area contributed by atoms with E-state index in [2.05, 4.69) is 58.4 Å². The Balaban J connectivity index is 1.41. The predicted octanol–water partition coefficient (Wildman–Crippen LogP) is 4.52. The second kappa shape index (κ2) is 10.0. The molecule has 0 radical (unpaired) electrons. The number of fused-ring (bicyclic) bond motifs is 2. The summed E-state index contributed by atoms with van der Waals surface area (Å²) in [4.78, 5) is 27.9. The Morgan fingerprint density at radius 1 is 1.16 bits per heavy atom. The Kier molecular flexibility index (Phi) is 6.93. The van der Waals surface area contributed by atoms with Crippen LogP contribution in [-0.2, 0) is 11.3 Å². The molecule has 1 aromatic heterocycles. The van der Waals surface area contributed by atoms with Crippen LogP contribution in [-0.4, -0.2) is 64.3 Å². The second-order valence-electron chi connectivity index (χ2n) is 11.0. The number of hydrogen-bond acceptors (Lipinski definition) is 8. The first kappa shape index (κ1) is 25.6. The van der Waals surface area contributed by atoms with Crippen molar-refractivity contribution < 1.29 is 14.6 Å². The summed E-state index contributed by atoms with van der Waals surface area (Å²) in [5.74, 6) is 2.48. The van der Waals surface area contributed by atoms with Crippen LogP contribution in [0.25, 0.3) is 10.9 Å². The van der Waals surface area contributed by atoms with Gasteiger partial charge in [0.2, 0.25) is 5.95 Å². The summed E-state index contributed by atoms with van der Waals surface area (Å²) in [5.41, 5.74) is 1.64. The van der Waals surface area contributed by atoms with Crippen LogP contribution in [0.4, 0.5) is 16.6 Å². The molecular formula is C28H35N5O3S. The van der Waals surface area contributed by atoms with Crippen LogP contribution in [0.3, 0.4) is 0 Å². The third kappa shape index (κ3) is 5.93. The first-order chi connectivity index (χ1) is 17.6. The van der Waals surface area contributed by atoms with Crippen LogP contribution in [0.1, 0.15) is 38.3 Å². The van der Waals surface area contributed by atoms with Crippen molar-refractivity contribution in [2.75, 3.05) is 41.7 Å². The molecule has 8 nitrogen and oxygen atoms in total. The lowest BCUT2D eigenvalue weighted by molar-refractivity contribution is 0.0344.